The number of hydrogen-bond acceptors (Lipinski definition) is 3. The van der Waals surface area contributed by atoms with Crippen LogP contribution in [-0.2, 0) is 9.47 Å². The fraction of sp³-hybridized carbons (Fsp3) is 0.812. The van der Waals surface area contributed by atoms with Crippen molar-refractivity contribution >= 4 is 6.09 Å². The van der Waals surface area contributed by atoms with Crippen LogP contribution in [-0.4, -0.2) is 41.4 Å². The maximum atomic E-state index is 12.0. The van der Waals surface area contributed by atoms with Gasteiger partial charge in [0.15, 0.2) is 0 Å². The maximum Gasteiger partial charge on any atom is 0.410 e. The third-order valence-electron chi connectivity index (χ3n) is 4.09. The summed E-state index contributed by atoms with van der Waals surface area (Å²) in [7, 11) is 0. The van der Waals surface area contributed by atoms with Crippen LogP contribution in [0.25, 0.3) is 0 Å². The highest BCUT2D eigenvalue weighted by molar-refractivity contribution is 5.68. The lowest BCUT2D eigenvalue weighted by atomic mass is 9.88. The minimum atomic E-state index is -0.425. The molecule has 0 aliphatic carbocycles. The van der Waals surface area contributed by atoms with E-state index in [9.17, 15) is 4.79 Å². The summed E-state index contributed by atoms with van der Waals surface area (Å²) in [6.45, 7) is 10.9. The molecule has 1 spiro atoms. The Balaban J connectivity index is 1.84. The summed E-state index contributed by atoms with van der Waals surface area (Å²) in [5.41, 5.74) is -0.433. The van der Waals surface area contributed by atoms with Gasteiger partial charge in [-0.05, 0) is 52.9 Å². The van der Waals surface area contributed by atoms with E-state index in [1.54, 1.807) is 4.90 Å². The Morgan fingerprint density at radius 3 is 2.60 bits per heavy atom. The quantitative estimate of drug-likeness (QED) is 0.727. The summed E-state index contributed by atoms with van der Waals surface area (Å²) < 4.78 is 11.6. The molecular weight excluding hydrogens is 254 g/mol. The number of carbonyl (C=O) groups is 1. The molecule has 2 saturated heterocycles. The predicted octanol–water partition coefficient (Wildman–Crippen LogP) is 3.51. The van der Waals surface area contributed by atoms with E-state index in [0.717, 1.165) is 45.2 Å². The van der Waals surface area contributed by atoms with Crippen molar-refractivity contribution in [2.24, 2.45) is 0 Å². The number of rotatable bonds is 2. The molecule has 4 heteroatoms. The van der Waals surface area contributed by atoms with Crippen molar-refractivity contribution < 1.29 is 14.3 Å². The molecule has 0 aromatic carbocycles. The van der Waals surface area contributed by atoms with E-state index >= 15 is 0 Å². The fourth-order valence-corrected chi connectivity index (χ4v) is 3.04. The Labute approximate surface area is 122 Å². The topological polar surface area (TPSA) is 38.8 Å². The van der Waals surface area contributed by atoms with Crippen molar-refractivity contribution in [3.63, 3.8) is 0 Å². The molecule has 2 aliphatic rings. The van der Waals surface area contributed by atoms with Crippen LogP contribution >= 0.6 is 0 Å². The molecule has 114 valence electrons. The average molecular weight is 281 g/mol. The number of carbonyl (C=O) groups excluding carboxylic acids is 1. The van der Waals surface area contributed by atoms with Gasteiger partial charge in [-0.3, -0.25) is 0 Å². The molecule has 0 saturated carbocycles. The predicted molar refractivity (Wildman–Crippen MR) is 78.7 cm³/mol. The molecule has 1 unspecified atom stereocenters. The van der Waals surface area contributed by atoms with E-state index in [1.165, 1.54) is 0 Å². The standard InChI is InChI=1S/C16H27NO3/c1-5-6-13-7-8-16(19-13)9-11-17(12-10-16)14(18)20-15(2,3)4/h5,13H,1,6-12H2,2-4H3. The smallest absolute Gasteiger partial charge is 0.410 e. The molecule has 1 atom stereocenters. The van der Waals surface area contributed by atoms with E-state index in [1.807, 2.05) is 26.8 Å². The molecule has 0 aromatic heterocycles. The Morgan fingerprint density at radius 1 is 1.40 bits per heavy atom. The van der Waals surface area contributed by atoms with Gasteiger partial charge in [-0.15, -0.1) is 6.58 Å². The fourth-order valence-electron chi connectivity index (χ4n) is 3.04. The van der Waals surface area contributed by atoms with E-state index in [-0.39, 0.29) is 11.7 Å². The Hall–Kier alpha value is -1.03. The molecule has 2 fully saturated rings. The van der Waals surface area contributed by atoms with Crippen LogP contribution in [0.4, 0.5) is 4.79 Å². The lowest BCUT2D eigenvalue weighted by Crippen LogP contribution is -2.48. The van der Waals surface area contributed by atoms with Crippen LogP contribution in [0.2, 0.25) is 0 Å². The van der Waals surface area contributed by atoms with Crippen LogP contribution in [0.5, 0.6) is 0 Å². The molecule has 20 heavy (non-hydrogen) atoms. The summed E-state index contributed by atoms with van der Waals surface area (Å²) in [6.07, 6.45) is 7.02. The lowest BCUT2D eigenvalue weighted by Gasteiger charge is -2.39. The number of ether oxygens (including phenoxy) is 2. The normalized spacial score (nSPS) is 25.8. The number of piperidine rings is 1. The zero-order valence-electron chi connectivity index (χ0n) is 13.0. The molecule has 0 bridgehead atoms. The zero-order chi connectivity index (χ0) is 14.8. The van der Waals surface area contributed by atoms with Crippen molar-refractivity contribution in [3.8, 4) is 0 Å². The summed E-state index contributed by atoms with van der Waals surface area (Å²) in [5, 5.41) is 0. The largest absolute Gasteiger partial charge is 0.444 e. The van der Waals surface area contributed by atoms with Gasteiger partial charge in [-0.2, -0.15) is 0 Å². The SMILES string of the molecule is C=CCC1CCC2(CCN(C(=O)OC(C)(C)C)CC2)O1. The third-order valence-corrected chi connectivity index (χ3v) is 4.09. The molecule has 2 aliphatic heterocycles. The van der Waals surface area contributed by atoms with Crippen molar-refractivity contribution in [1.29, 1.82) is 0 Å². The van der Waals surface area contributed by atoms with Gasteiger partial charge in [0.2, 0.25) is 0 Å². The van der Waals surface area contributed by atoms with Gasteiger partial charge in [-0.1, -0.05) is 6.08 Å². The van der Waals surface area contributed by atoms with Gasteiger partial charge in [-0.25, -0.2) is 4.79 Å². The first-order chi connectivity index (χ1) is 9.34. The van der Waals surface area contributed by atoms with E-state index in [2.05, 4.69) is 6.58 Å². The molecule has 0 aromatic rings. The van der Waals surface area contributed by atoms with Crippen molar-refractivity contribution in [2.75, 3.05) is 13.1 Å². The van der Waals surface area contributed by atoms with Crippen LogP contribution in [0, 0.1) is 0 Å². The molecule has 4 nitrogen and oxygen atoms in total. The van der Waals surface area contributed by atoms with Crippen molar-refractivity contribution in [2.45, 2.75) is 70.2 Å². The van der Waals surface area contributed by atoms with Crippen LogP contribution < -0.4 is 0 Å². The maximum absolute atomic E-state index is 12.0. The first-order valence-corrected chi connectivity index (χ1v) is 7.60. The second-order valence-electron chi connectivity index (χ2n) is 6.95. The minimum absolute atomic E-state index is 0.00775. The summed E-state index contributed by atoms with van der Waals surface area (Å²) in [4.78, 5) is 13.8. The van der Waals surface area contributed by atoms with Crippen LogP contribution in [0.3, 0.4) is 0 Å². The molecule has 2 rings (SSSR count). The van der Waals surface area contributed by atoms with Gasteiger partial charge in [0.25, 0.3) is 0 Å². The first kappa shape index (κ1) is 15.4. The number of hydrogen-bond donors (Lipinski definition) is 0. The highest BCUT2D eigenvalue weighted by atomic mass is 16.6. The zero-order valence-corrected chi connectivity index (χ0v) is 13.0. The first-order valence-electron chi connectivity index (χ1n) is 7.60. The molecule has 2 heterocycles. The Bertz CT molecular complexity index is 364. The molecule has 1 amide bonds. The van der Waals surface area contributed by atoms with Gasteiger partial charge in [0, 0.05) is 13.1 Å². The van der Waals surface area contributed by atoms with Gasteiger partial charge >= 0.3 is 6.09 Å². The molecular formula is C16H27NO3. The average Bonchev–Trinajstić information content (AvgIpc) is 2.71. The van der Waals surface area contributed by atoms with E-state index in [4.69, 9.17) is 9.47 Å². The van der Waals surface area contributed by atoms with E-state index in [0.29, 0.717) is 6.10 Å². The Kier molecular flexibility index (Phi) is 4.43. The summed E-state index contributed by atoms with van der Waals surface area (Å²) >= 11 is 0. The van der Waals surface area contributed by atoms with Crippen LogP contribution in [0.15, 0.2) is 12.7 Å². The lowest BCUT2D eigenvalue weighted by molar-refractivity contribution is -0.0767. The minimum Gasteiger partial charge on any atom is -0.444 e. The highest BCUT2D eigenvalue weighted by Gasteiger charge is 2.43. The number of likely N-dealkylation sites (tertiary alicyclic amines) is 1. The second kappa shape index (κ2) is 5.76. The summed E-state index contributed by atoms with van der Waals surface area (Å²) in [5.74, 6) is 0. The van der Waals surface area contributed by atoms with E-state index < -0.39 is 5.60 Å². The van der Waals surface area contributed by atoms with Crippen molar-refractivity contribution in [3.05, 3.63) is 12.7 Å². The van der Waals surface area contributed by atoms with Crippen molar-refractivity contribution in [1.82, 2.24) is 4.90 Å². The monoisotopic (exact) mass is 281 g/mol. The highest BCUT2D eigenvalue weighted by Crippen LogP contribution is 2.40. The third kappa shape index (κ3) is 3.75. The number of amides is 1. The molecule has 0 radical (unpaired) electrons. The summed E-state index contributed by atoms with van der Waals surface area (Å²) in [6, 6.07) is 0. The van der Waals surface area contributed by atoms with Gasteiger partial charge < -0.3 is 14.4 Å². The van der Waals surface area contributed by atoms with Gasteiger partial charge in [0.1, 0.15) is 5.60 Å². The number of nitrogens with zero attached hydrogens (tertiary/aromatic N) is 1. The second-order valence-corrected chi connectivity index (χ2v) is 6.95. The van der Waals surface area contributed by atoms with Gasteiger partial charge in [0.05, 0.1) is 11.7 Å². The Morgan fingerprint density at radius 2 is 2.05 bits per heavy atom. The van der Waals surface area contributed by atoms with Crippen LogP contribution in [0.1, 0.15) is 52.9 Å². The molecule has 0 N–H and O–H groups in total.